The number of rotatable bonds is 1. The zero-order valence-electron chi connectivity index (χ0n) is 6.58. The molecule has 0 aliphatic heterocycles. The van der Waals surface area contributed by atoms with Gasteiger partial charge >= 0.3 is 11.6 Å². The number of anilines is 2. The van der Waals surface area contributed by atoms with E-state index in [2.05, 4.69) is 19.6 Å². The molecule has 2 rings (SSSR count). The lowest BCUT2D eigenvalue weighted by molar-refractivity contribution is -0.790. The molecular weight excluding hydrogens is 196 g/mol. The van der Waals surface area contributed by atoms with Gasteiger partial charge in [0.15, 0.2) is 0 Å². The van der Waals surface area contributed by atoms with Crippen molar-refractivity contribution >= 4 is 11.6 Å². The van der Waals surface area contributed by atoms with E-state index in [1.54, 1.807) is 0 Å². The predicted molar refractivity (Wildman–Crippen MR) is 38.7 cm³/mol. The normalized spacial score (nSPS) is 10.6. The molecule has 0 unspecified atom stereocenters. The fraction of sp³-hybridized carbons (Fsp3) is 0. The van der Waals surface area contributed by atoms with Crippen molar-refractivity contribution in [1.29, 1.82) is 0 Å². The summed E-state index contributed by atoms with van der Waals surface area (Å²) in [5, 5.41) is 27.9. The van der Waals surface area contributed by atoms with Crippen LogP contribution in [0.5, 0.6) is 0 Å². The van der Waals surface area contributed by atoms with E-state index in [1.165, 1.54) is 0 Å². The van der Waals surface area contributed by atoms with Crippen LogP contribution in [-0.2, 0) is 0 Å². The molecular formula is C4H4N6O4. The fourth-order valence-electron chi connectivity index (χ4n) is 0.839. The lowest BCUT2D eigenvalue weighted by Crippen LogP contribution is -2.27. The average Bonchev–Trinajstić information content (AvgIpc) is 2.63. The Kier molecular flexibility index (Phi) is 1.44. The zero-order chi connectivity index (χ0) is 10.3. The molecule has 0 aromatic carbocycles. The van der Waals surface area contributed by atoms with Gasteiger partial charge in [0.1, 0.15) is 0 Å². The van der Waals surface area contributed by atoms with Crippen molar-refractivity contribution < 1.29 is 19.1 Å². The lowest BCUT2D eigenvalue weighted by atomic mass is 10.3. The summed E-state index contributed by atoms with van der Waals surface area (Å²) in [7, 11) is 0. The first-order valence-corrected chi connectivity index (χ1v) is 3.32. The van der Waals surface area contributed by atoms with Gasteiger partial charge in [-0.2, -0.15) is 0 Å². The average molecular weight is 200 g/mol. The SMILES string of the molecule is Nc1c(-c2no[n+]([O-])c2N)no[n+]1[O-]. The summed E-state index contributed by atoms with van der Waals surface area (Å²) < 4.78 is 8.30. The molecule has 0 spiro atoms. The number of hydrogen-bond donors (Lipinski definition) is 2. The molecule has 0 fully saturated rings. The van der Waals surface area contributed by atoms with Crippen LogP contribution in [0.3, 0.4) is 0 Å². The van der Waals surface area contributed by atoms with Gasteiger partial charge in [0.05, 0.1) is 0 Å². The quantitative estimate of drug-likeness (QED) is 0.488. The highest BCUT2D eigenvalue weighted by Crippen LogP contribution is 2.21. The highest BCUT2D eigenvalue weighted by atomic mass is 16.8. The van der Waals surface area contributed by atoms with Crippen molar-refractivity contribution in [2.45, 2.75) is 0 Å². The Balaban J connectivity index is 2.60. The maximum Gasteiger partial charge on any atom is 0.304 e. The van der Waals surface area contributed by atoms with E-state index in [-0.39, 0.29) is 32.8 Å². The molecule has 0 saturated heterocycles. The zero-order valence-corrected chi connectivity index (χ0v) is 6.58. The van der Waals surface area contributed by atoms with E-state index in [4.69, 9.17) is 11.5 Å². The van der Waals surface area contributed by atoms with Crippen LogP contribution in [0.15, 0.2) is 9.26 Å². The summed E-state index contributed by atoms with van der Waals surface area (Å²) in [6, 6.07) is 0. The molecule has 2 aromatic rings. The minimum atomic E-state index is -0.356. The van der Waals surface area contributed by atoms with Crippen LogP contribution in [0.2, 0.25) is 0 Å². The van der Waals surface area contributed by atoms with Gasteiger partial charge in [-0.3, -0.25) is 0 Å². The summed E-state index contributed by atoms with van der Waals surface area (Å²) in [4.78, 5) is -0.0861. The Morgan fingerprint density at radius 2 is 1.29 bits per heavy atom. The number of nitrogens with zero attached hydrogens (tertiary/aromatic N) is 4. The number of hydrogen-bond acceptors (Lipinski definition) is 8. The summed E-state index contributed by atoms with van der Waals surface area (Å²) in [6.07, 6.45) is 0. The second-order valence-electron chi connectivity index (χ2n) is 2.33. The van der Waals surface area contributed by atoms with Crippen LogP contribution in [0.4, 0.5) is 11.6 Å². The molecule has 2 heterocycles. The van der Waals surface area contributed by atoms with Gasteiger partial charge in [-0.1, -0.05) is 9.81 Å². The van der Waals surface area contributed by atoms with Gasteiger partial charge in [-0.05, 0) is 10.3 Å². The Morgan fingerprint density at radius 3 is 1.50 bits per heavy atom. The van der Waals surface area contributed by atoms with E-state index < -0.39 is 0 Å². The van der Waals surface area contributed by atoms with Gasteiger partial charge in [0.25, 0.3) is 11.4 Å². The van der Waals surface area contributed by atoms with E-state index in [0.29, 0.717) is 0 Å². The van der Waals surface area contributed by atoms with Crippen LogP contribution in [0, 0.1) is 10.4 Å². The van der Waals surface area contributed by atoms with E-state index in [0.717, 1.165) is 0 Å². The first-order chi connectivity index (χ1) is 6.61. The monoisotopic (exact) mass is 200 g/mol. The molecule has 14 heavy (non-hydrogen) atoms. The smallest absolute Gasteiger partial charge is 0.304 e. The molecule has 0 bridgehead atoms. The number of nitrogen functional groups attached to an aromatic ring is 2. The highest BCUT2D eigenvalue weighted by molar-refractivity contribution is 5.70. The molecule has 0 atom stereocenters. The number of nitrogens with two attached hydrogens (primary N) is 2. The van der Waals surface area contributed by atoms with Gasteiger partial charge in [0, 0.05) is 0 Å². The van der Waals surface area contributed by atoms with Crippen molar-refractivity contribution in [3.05, 3.63) is 10.4 Å². The Bertz CT molecular complexity index is 430. The maximum atomic E-state index is 10.7. The molecule has 0 saturated carbocycles. The van der Waals surface area contributed by atoms with Crippen molar-refractivity contribution in [1.82, 2.24) is 10.3 Å². The second kappa shape index (κ2) is 2.48. The summed E-state index contributed by atoms with van der Waals surface area (Å²) in [5.41, 5.74) is 10.2. The molecule has 0 radical (unpaired) electrons. The second-order valence-corrected chi connectivity index (χ2v) is 2.33. The standard InChI is InChI=1S/C4H4N6O4/c5-3-1(7-13-9(3)11)2-4(6)10(12)14-8-2/h5-6H2. The third kappa shape index (κ3) is 0.903. The van der Waals surface area contributed by atoms with Gasteiger partial charge in [-0.25, -0.2) is 0 Å². The maximum absolute atomic E-state index is 10.7. The molecule has 0 amide bonds. The van der Waals surface area contributed by atoms with Crippen LogP contribution in [0.1, 0.15) is 0 Å². The van der Waals surface area contributed by atoms with E-state index in [9.17, 15) is 10.4 Å². The minimum absolute atomic E-state index is 0.0431. The third-order valence-electron chi connectivity index (χ3n) is 1.52. The molecule has 74 valence electrons. The predicted octanol–water partition coefficient (Wildman–Crippen LogP) is -2.24. The van der Waals surface area contributed by atoms with Crippen LogP contribution in [0.25, 0.3) is 11.4 Å². The van der Waals surface area contributed by atoms with Crippen molar-refractivity contribution in [3.8, 4) is 11.4 Å². The van der Waals surface area contributed by atoms with E-state index >= 15 is 0 Å². The molecule has 2 aromatic heterocycles. The van der Waals surface area contributed by atoms with Crippen molar-refractivity contribution in [2.24, 2.45) is 0 Å². The summed E-state index contributed by atoms with van der Waals surface area (Å²) in [5.74, 6) is -0.712. The molecule has 0 aliphatic carbocycles. The van der Waals surface area contributed by atoms with Gasteiger partial charge < -0.3 is 31.1 Å². The first kappa shape index (κ1) is 8.10. The molecule has 4 N–H and O–H groups in total. The third-order valence-corrected chi connectivity index (χ3v) is 1.52. The number of aromatic nitrogens is 4. The Hall–Kier alpha value is -2.52. The highest BCUT2D eigenvalue weighted by Gasteiger charge is 2.27. The van der Waals surface area contributed by atoms with Crippen LogP contribution >= 0.6 is 0 Å². The van der Waals surface area contributed by atoms with Gasteiger partial charge in [0.2, 0.25) is 0 Å². The minimum Gasteiger partial charge on any atom is -0.391 e. The summed E-state index contributed by atoms with van der Waals surface area (Å²) >= 11 is 0. The van der Waals surface area contributed by atoms with E-state index in [1.807, 2.05) is 0 Å². The molecule has 0 aliphatic rings. The van der Waals surface area contributed by atoms with Crippen LogP contribution in [-0.4, -0.2) is 10.3 Å². The first-order valence-electron chi connectivity index (χ1n) is 3.32. The van der Waals surface area contributed by atoms with Gasteiger partial charge in [-0.15, -0.1) is 0 Å². The largest absolute Gasteiger partial charge is 0.391 e. The molecule has 10 heteroatoms. The van der Waals surface area contributed by atoms with Crippen LogP contribution < -0.4 is 21.3 Å². The summed E-state index contributed by atoms with van der Waals surface area (Å²) in [6.45, 7) is 0. The van der Waals surface area contributed by atoms with Crippen molar-refractivity contribution in [2.75, 3.05) is 11.5 Å². The van der Waals surface area contributed by atoms with Crippen molar-refractivity contribution in [3.63, 3.8) is 0 Å². The molecule has 10 nitrogen and oxygen atoms in total. The Labute approximate surface area is 75.4 Å². The topological polar surface area (TPSA) is 158 Å². The Morgan fingerprint density at radius 1 is 0.929 bits per heavy atom. The lowest BCUT2D eigenvalue weighted by Gasteiger charge is -1.87. The fourth-order valence-corrected chi connectivity index (χ4v) is 0.839.